The van der Waals surface area contributed by atoms with Gasteiger partial charge < -0.3 is 20.9 Å². The molecule has 3 aromatic rings. The van der Waals surface area contributed by atoms with Crippen molar-refractivity contribution in [3.63, 3.8) is 0 Å². The van der Waals surface area contributed by atoms with Crippen molar-refractivity contribution >= 4 is 41.0 Å². The van der Waals surface area contributed by atoms with Crippen LogP contribution in [0.5, 0.6) is 0 Å². The highest BCUT2D eigenvalue weighted by Crippen LogP contribution is 2.21. The molecule has 0 aromatic heterocycles. The average Bonchev–Trinajstić information content (AvgIpc) is 2.89. The third kappa shape index (κ3) is 7.04. The molecule has 0 radical (unpaired) electrons. The second-order valence-corrected chi connectivity index (χ2v) is 8.36. The van der Waals surface area contributed by atoms with Crippen LogP contribution in [0.1, 0.15) is 18.4 Å². The summed E-state index contributed by atoms with van der Waals surface area (Å²) in [6.45, 7) is 1.10. The number of para-hydroxylation sites is 1. The molecule has 3 N–H and O–H groups in total. The Hall–Kier alpha value is -4.39. The zero-order valence-corrected chi connectivity index (χ0v) is 19.3. The Kier molecular flexibility index (Phi) is 7.91. The van der Waals surface area contributed by atoms with Gasteiger partial charge in [-0.3, -0.25) is 9.59 Å². The lowest BCUT2D eigenvalue weighted by molar-refractivity contribution is -0.130. The molecule has 4 rings (SSSR count). The van der Waals surface area contributed by atoms with Crippen molar-refractivity contribution in [1.82, 2.24) is 4.90 Å². The molecule has 1 fully saturated rings. The number of carbonyl (C=O) groups excluding carboxylic acids is 3. The van der Waals surface area contributed by atoms with E-state index in [4.69, 9.17) is 0 Å². The largest absolute Gasteiger partial charge is 0.339 e. The Morgan fingerprint density at radius 2 is 1.20 bits per heavy atom. The highest BCUT2D eigenvalue weighted by molar-refractivity contribution is 6.00. The number of urea groups is 1. The first-order valence-electron chi connectivity index (χ1n) is 11.6. The smallest absolute Gasteiger partial charge is 0.323 e. The summed E-state index contributed by atoms with van der Waals surface area (Å²) >= 11 is 0. The molecule has 0 spiro atoms. The van der Waals surface area contributed by atoms with E-state index in [2.05, 4.69) is 16.0 Å². The van der Waals surface area contributed by atoms with E-state index in [-0.39, 0.29) is 23.8 Å². The van der Waals surface area contributed by atoms with Crippen LogP contribution < -0.4 is 16.0 Å². The molecule has 7 nitrogen and oxygen atoms in total. The van der Waals surface area contributed by atoms with E-state index < -0.39 is 0 Å². The van der Waals surface area contributed by atoms with Gasteiger partial charge in [0.05, 0.1) is 0 Å². The molecule has 4 amide bonds. The molecular formula is C28H28N4O3. The second-order valence-electron chi connectivity index (χ2n) is 8.36. The summed E-state index contributed by atoms with van der Waals surface area (Å²) in [6, 6.07) is 25.5. The standard InChI is InChI=1S/C28H28N4O3/c33-26(16-11-21-7-3-1-4-8-21)32-19-17-22(18-20-32)27(34)29-24-12-14-25(15-13-24)31-28(35)30-23-9-5-2-6-10-23/h1-16,22H,17-20H2,(H,29,34)(H2,30,31,35)/b16-11+. The molecule has 1 aliphatic heterocycles. The molecule has 0 saturated carbocycles. The van der Waals surface area contributed by atoms with Crippen LogP contribution in [0.4, 0.5) is 21.9 Å². The molecule has 3 aromatic carbocycles. The number of hydrogen-bond donors (Lipinski definition) is 3. The molecule has 0 unspecified atom stereocenters. The van der Waals surface area contributed by atoms with E-state index in [1.807, 2.05) is 54.6 Å². The van der Waals surface area contributed by atoms with Gasteiger partial charge in [0.25, 0.3) is 0 Å². The van der Waals surface area contributed by atoms with Crippen molar-refractivity contribution in [2.75, 3.05) is 29.0 Å². The molecule has 7 heteroatoms. The van der Waals surface area contributed by atoms with Crippen LogP contribution in [0.15, 0.2) is 91.0 Å². The third-order valence-corrected chi connectivity index (χ3v) is 5.84. The second kappa shape index (κ2) is 11.7. The fraction of sp³-hybridized carbons (Fsp3) is 0.179. The maximum atomic E-state index is 12.7. The van der Waals surface area contributed by atoms with Gasteiger partial charge in [0, 0.05) is 42.1 Å². The first-order chi connectivity index (χ1) is 17.1. The van der Waals surface area contributed by atoms with Gasteiger partial charge in [0.2, 0.25) is 11.8 Å². The van der Waals surface area contributed by atoms with Crippen LogP contribution in [0, 0.1) is 5.92 Å². The summed E-state index contributed by atoms with van der Waals surface area (Å²) in [4.78, 5) is 39.1. The fourth-order valence-corrected chi connectivity index (χ4v) is 3.90. The zero-order valence-electron chi connectivity index (χ0n) is 19.3. The predicted molar refractivity (Wildman–Crippen MR) is 139 cm³/mol. The highest BCUT2D eigenvalue weighted by atomic mass is 16.2. The van der Waals surface area contributed by atoms with E-state index in [1.54, 1.807) is 47.4 Å². The average molecular weight is 469 g/mol. The number of amides is 4. The van der Waals surface area contributed by atoms with Gasteiger partial charge in [-0.2, -0.15) is 0 Å². The van der Waals surface area contributed by atoms with Gasteiger partial charge in [-0.25, -0.2) is 4.79 Å². The number of hydrogen-bond acceptors (Lipinski definition) is 3. The molecule has 0 atom stereocenters. The minimum Gasteiger partial charge on any atom is -0.339 e. The van der Waals surface area contributed by atoms with Crippen LogP contribution in [0.2, 0.25) is 0 Å². The van der Waals surface area contributed by atoms with Gasteiger partial charge in [0.15, 0.2) is 0 Å². The summed E-state index contributed by atoms with van der Waals surface area (Å²) in [5.74, 6) is -0.238. The van der Waals surface area contributed by atoms with Crippen LogP contribution in [0.25, 0.3) is 6.08 Å². The maximum Gasteiger partial charge on any atom is 0.323 e. The number of benzene rings is 3. The first-order valence-corrected chi connectivity index (χ1v) is 11.6. The van der Waals surface area contributed by atoms with Gasteiger partial charge in [-0.1, -0.05) is 48.5 Å². The van der Waals surface area contributed by atoms with Crippen molar-refractivity contribution in [3.8, 4) is 0 Å². The topological polar surface area (TPSA) is 90.5 Å². The van der Waals surface area contributed by atoms with E-state index in [9.17, 15) is 14.4 Å². The Labute approximate surface area is 204 Å². The quantitative estimate of drug-likeness (QED) is 0.433. The summed E-state index contributed by atoms with van der Waals surface area (Å²) in [5.41, 5.74) is 2.96. The number of anilines is 3. The van der Waals surface area contributed by atoms with Crippen molar-refractivity contribution < 1.29 is 14.4 Å². The van der Waals surface area contributed by atoms with Crippen molar-refractivity contribution in [1.29, 1.82) is 0 Å². The maximum absolute atomic E-state index is 12.7. The Balaban J connectivity index is 1.22. The van der Waals surface area contributed by atoms with E-state index in [0.717, 1.165) is 5.56 Å². The molecule has 1 heterocycles. The van der Waals surface area contributed by atoms with Gasteiger partial charge in [-0.05, 0) is 60.9 Å². The lowest BCUT2D eigenvalue weighted by atomic mass is 9.95. The molecule has 1 saturated heterocycles. The van der Waals surface area contributed by atoms with Crippen LogP contribution >= 0.6 is 0 Å². The summed E-state index contributed by atoms with van der Waals surface area (Å²) < 4.78 is 0. The van der Waals surface area contributed by atoms with Crippen molar-refractivity contribution in [2.24, 2.45) is 5.92 Å². The highest BCUT2D eigenvalue weighted by Gasteiger charge is 2.26. The molecule has 0 aliphatic carbocycles. The van der Waals surface area contributed by atoms with Crippen molar-refractivity contribution in [3.05, 3.63) is 96.6 Å². The molecule has 35 heavy (non-hydrogen) atoms. The van der Waals surface area contributed by atoms with Gasteiger partial charge in [0.1, 0.15) is 0 Å². The number of rotatable bonds is 6. The Bertz CT molecular complexity index is 1170. The van der Waals surface area contributed by atoms with Crippen LogP contribution in [-0.4, -0.2) is 35.8 Å². The minimum absolute atomic E-state index is 0.0351. The lowest BCUT2D eigenvalue weighted by Crippen LogP contribution is -2.40. The van der Waals surface area contributed by atoms with E-state index in [1.165, 1.54) is 0 Å². The third-order valence-electron chi connectivity index (χ3n) is 5.84. The molecular weight excluding hydrogens is 440 g/mol. The minimum atomic E-state index is -0.340. The van der Waals surface area contributed by atoms with Crippen LogP contribution in [-0.2, 0) is 9.59 Å². The lowest BCUT2D eigenvalue weighted by Gasteiger charge is -2.30. The molecule has 0 bridgehead atoms. The fourth-order valence-electron chi connectivity index (χ4n) is 3.90. The van der Waals surface area contributed by atoms with Crippen molar-refractivity contribution in [2.45, 2.75) is 12.8 Å². The predicted octanol–water partition coefficient (Wildman–Crippen LogP) is 5.22. The first kappa shape index (κ1) is 23.8. The zero-order chi connectivity index (χ0) is 24.5. The van der Waals surface area contributed by atoms with E-state index in [0.29, 0.717) is 43.0 Å². The van der Waals surface area contributed by atoms with Gasteiger partial charge >= 0.3 is 6.03 Å². The van der Waals surface area contributed by atoms with Gasteiger partial charge in [-0.15, -0.1) is 0 Å². The Morgan fingerprint density at radius 1 is 0.686 bits per heavy atom. The summed E-state index contributed by atoms with van der Waals surface area (Å²) in [5, 5.41) is 8.46. The summed E-state index contributed by atoms with van der Waals surface area (Å²) in [6.07, 6.45) is 4.64. The normalized spacial score (nSPS) is 13.9. The monoisotopic (exact) mass is 468 g/mol. The SMILES string of the molecule is O=C(Nc1ccccc1)Nc1ccc(NC(=O)C2CCN(C(=O)/C=C/c3ccccc3)CC2)cc1. The molecule has 1 aliphatic rings. The number of likely N-dealkylation sites (tertiary alicyclic amines) is 1. The number of nitrogens with one attached hydrogen (secondary N) is 3. The summed E-state index contributed by atoms with van der Waals surface area (Å²) in [7, 11) is 0. The molecule has 178 valence electrons. The number of carbonyl (C=O) groups is 3. The number of nitrogens with zero attached hydrogens (tertiary/aromatic N) is 1. The Morgan fingerprint density at radius 3 is 1.80 bits per heavy atom. The van der Waals surface area contributed by atoms with Crippen LogP contribution in [0.3, 0.4) is 0 Å². The van der Waals surface area contributed by atoms with E-state index >= 15 is 0 Å². The number of piperidine rings is 1.